The van der Waals surface area contributed by atoms with Gasteiger partial charge in [0, 0.05) is 18.0 Å². The smallest absolute Gasteiger partial charge is 0.262 e. The molecule has 22 heavy (non-hydrogen) atoms. The number of hydrogen-bond donors (Lipinski definition) is 1. The van der Waals surface area contributed by atoms with Gasteiger partial charge < -0.3 is 10.1 Å². The molecule has 2 aromatic rings. The molecule has 0 bridgehead atoms. The normalized spacial score (nSPS) is 18.0. The number of thiophene rings is 1. The van der Waals surface area contributed by atoms with Crippen LogP contribution < -0.4 is 10.9 Å². The molecule has 0 aliphatic carbocycles. The van der Waals surface area contributed by atoms with Gasteiger partial charge in [-0.1, -0.05) is 0 Å². The highest BCUT2D eigenvalue weighted by atomic mass is 32.1. The van der Waals surface area contributed by atoms with Crippen molar-refractivity contribution in [3.63, 3.8) is 0 Å². The average Bonchev–Trinajstić information content (AvgIpc) is 3.09. The third-order valence-electron chi connectivity index (χ3n) is 4.02. The van der Waals surface area contributed by atoms with Gasteiger partial charge in [0.05, 0.1) is 17.8 Å². The largest absolute Gasteiger partial charge is 0.376 e. The molecule has 1 N–H and O–H groups in total. The van der Waals surface area contributed by atoms with E-state index >= 15 is 0 Å². The van der Waals surface area contributed by atoms with Gasteiger partial charge in [0.1, 0.15) is 11.4 Å². The number of hydrogen-bond acceptors (Lipinski definition) is 5. The maximum absolute atomic E-state index is 12.5. The van der Waals surface area contributed by atoms with Crippen molar-refractivity contribution in [1.82, 2.24) is 14.9 Å². The average molecular weight is 321 g/mol. The van der Waals surface area contributed by atoms with Crippen LogP contribution in [0.15, 0.2) is 11.1 Å². The quantitative estimate of drug-likeness (QED) is 0.923. The van der Waals surface area contributed by atoms with E-state index in [9.17, 15) is 9.59 Å². The Labute approximate surface area is 132 Å². The van der Waals surface area contributed by atoms with Gasteiger partial charge in [-0.3, -0.25) is 14.2 Å². The first-order valence-corrected chi connectivity index (χ1v) is 8.21. The summed E-state index contributed by atoms with van der Waals surface area (Å²) in [7, 11) is 0. The van der Waals surface area contributed by atoms with Crippen LogP contribution in [0.3, 0.4) is 0 Å². The molecule has 1 amide bonds. The Hall–Kier alpha value is -1.73. The van der Waals surface area contributed by atoms with Crippen LogP contribution in [0, 0.1) is 13.8 Å². The minimum absolute atomic E-state index is 0.0111. The highest BCUT2D eigenvalue weighted by molar-refractivity contribution is 7.18. The van der Waals surface area contributed by atoms with Gasteiger partial charge >= 0.3 is 0 Å². The van der Waals surface area contributed by atoms with E-state index in [0.29, 0.717) is 11.9 Å². The van der Waals surface area contributed by atoms with Gasteiger partial charge in [0.15, 0.2) is 0 Å². The summed E-state index contributed by atoms with van der Waals surface area (Å²) in [5.74, 6) is -0.191. The zero-order chi connectivity index (χ0) is 15.7. The Morgan fingerprint density at radius 3 is 3.09 bits per heavy atom. The predicted octanol–water partition coefficient (Wildman–Crippen LogP) is 1.37. The standard InChI is InChI=1S/C15H19N3O3S/c1-9-10(2)22-14-13(9)15(20)18(8-17-14)7-12(19)16-6-11-4-3-5-21-11/h8,11H,3-7H2,1-2H3,(H,16,19). The third-order valence-corrected chi connectivity index (χ3v) is 5.14. The lowest BCUT2D eigenvalue weighted by molar-refractivity contribution is -0.122. The number of carbonyl (C=O) groups excluding carboxylic acids is 1. The molecule has 2 aromatic heterocycles. The molecule has 1 unspecified atom stereocenters. The second-order valence-corrected chi connectivity index (χ2v) is 6.78. The van der Waals surface area contributed by atoms with E-state index in [1.165, 1.54) is 22.2 Å². The lowest BCUT2D eigenvalue weighted by Gasteiger charge is -2.11. The van der Waals surface area contributed by atoms with E-state index < -0.39 is 0 Å². The summed E-state index contributed by atoms with van der Waals surface area (Å²) < 4.78 is 6.83. The lowest BCUT2D eigenvalue weighted by Crippen LogP contribution is -2.36. The molecule has 0 aromatic carbocycles. The fourth-order valence-electron chi connectivity index (χ4n) is 2.63. The molecule has 1 atom stereocenters. The van der Waals surface area contributed by atoms with Gasteiger partial charge in [0.25, 0.3) is 5.56 Å². The molecule has 0 saturated carbocycles. The van der Waals surface area contributed by atoms with Crippen molar-refractivity contribution in [1.29, 1.82) is 0 Å². The number of aryl methyl sites for hydroxylation is 2. The maximum atomic E-state index is 12.5. The van der Waals surface area contributed by atoms with E-state index in [4.69, 9.17) is 4.74 Å². The van der Waals surface area contributed by atoms with Crippen molar-refractivity contribution in [3.8, 4) is 0 Å². The van der Waals surface area contributed by atoms with Crippen LogP contribution >= 0.6 is 11.3 Å². The first-order chi connectivity index (χ1) is 10.6. The molecular formula is C15H19N3O3S. The van der Waals surface area contributed by atoms with E-state index in [1.54, 1.807) is 0 Å². The van der Waals surface area contributed by atoms with Crippen LogP contribution in [0.2, 0.25) is 0 Å². The Bertz CT molecular complexity index is 759. The molecule has 7 heteroatoms. The summed E-state index contributed by atoms with van der Waals surface area (Å²) in [5.41, 5.74) is 0.797. The number of amides is 1. The van der Waals surface area contributed by atoms with Gasteiger partial charge in [-0.05, 0) is 32.3 Å². The zero-order valence-electron chi connectivity index (χ0n) is 12.7. The maximum Gasteiger partial charge on any atom is 0.262 e. The minimum atomic E-state index is -0.191. The van der Waals surface area contributed by atoms with E-state index in [1.807, 2.05) is 13.8 Å². The third kappa shape index (κ3) is 2.91. The topological polar surface area (TPSA) is 73.2 Å². The fraction of sp³-hybridized carbons (Fsp3) is 0.533. The molecule has 0 radical (unpaired) electrons. The summed E-state index contributed by atoms with van der Waals surface area (Å²) in [6.07, 6.45) is 3.56. The molecule has 3 heterocycles. The highest BCUT2D eigenvalue weighted by Gasteiger charge is 2.17. The second kappa shape index (κ2) is 6.18. The van der Waals surface area contributed by atoms with Gasteiger partial charge in [-0.25, -0.2) is 4.98 Å². The second-order valence-electron chi connectivity index (χ2n) is 5.58. The number of carbonyl (C=O) groups is 1. The lowest BCUT2D eigenvalue weighted by atomic mass is 10.2. The number of nitrogens with one attached hydrogen (secondary N) is 1. The molecule has 1 aliphatic rings. The summed E-state index contributed by atoms with van der Waals surface area (Å²) in [5, 5.41) is 3.44. The van der Waals surface area contributed by atoms with Crippen molar-refractivity contribution in [2.45, 2.75) is 39.3 Å². The summed E-state index contributed by atoms with van der Waals surface area (Å²) >= 11 is 1.51. The minimum Gasteiger partial charge on any atom is -0.376 e. The SMILES string of the molecule is Cc1sc2ncn(CC(=O)NCC3CCCO3)c(=O)c2c1C. The van der Waals surface area contributed by atoms with E-state index in [2.05, 4.69) is 10.3 Å². The van der Waals surface area contributed by atoms with Crippen molar-refractivity contribution < 1.29 is 9.53 Å². The monoisotopic (exact) mass is 321 g/mol. The van der Waals surface area contributed by atoms with Gasteiger partial charge in [0.2, 0.25) is 5.91 Å². The van der Waals surface area contributed by atoms with Crippen molar-refractivity contribution in [2.24, 2.45) is 0 Å². The molecular weight excluding hydrogens is 302 g/mol. The molecule has 1 aliphatic heterocycles. The van der Waals surface area contributed by atoms with Crippen molar-refractivity contribution in [3.05, 3.63) is 27.1 Å². The van der Waals surface area contributed by atoms with Gasteiger partial charge in [-0.15, -0.1) is 11.3 Å². The van der Waals surface area contributed by atoms with Crippen LogP contribution in [0.25, 0.3) is 10.2 Å². The van der Waals surface area contributed by atoms with Crippen molar-refractivity contribution in [2.75, 3.05) is 13.2 Å². The molecule has 6 nitrogen and oxygen atoms in total. The number of ether oxygens (including phenoxy) is 1. The van der Waals surface area contributed by atoms with Crippen LogP contribution in [-0.4, -0.2) is 34.7 Å². The highest BCUT2D eigenvalue weighted by Crippen LogP contribution is 2.25. The summed E-state index contributed by atoms with van der Waals surface area (Å²) in [4.78, 5) is 30.6. The van der Waals surface area contributed by atoms with Crippen LogP contribution in [0.5, 0.6) is 0 Å². The fourth-order valence-corrected chi connectivity index (χ4v) is 3.61. The number of aromatic nitrogens is 2. The van der Waals surface area contributed by atoms with Crippen LogP contribution in [-0.2, 0) is 16.1 Å². The Balaban J connectivity index is 1.73. The number of nitrogens with zero attached hydrogens (tertiary/aromatic N) is 2. The first-order valence-electron chi connectivity index (χ1n) is 7.39. The zero-order valence-corrected chi connectivity index (χ0v) is 13.5. The van der Waals surface area contributed by atoms with Crippen LogP contribution in [0.4, 0.5) is 0 Å². The summed E-state index contributed by atoms with van der Waals surface area (Å²) in [6.45, 7) is 5.14. The summed E-state index contributed by atoms with van der Waals surface area (Å²) in [6, 6.07) is 0. The van der Waals surface area contributed by atoms with E-state index in [-0.39, 0.29) is 24.1 Å². The van der Waals surface area contributed by atoms with Gasteiger partial charge in [-0.2, -0.15) is 0 Å². The van der Waals surface area contributed by atoms with Crippen LogP contribution in [0.1, 0.15) is 23.3 Å². The number of fused-ring (bicyclic) bond motifs is 1. The number of rotatable bonds is 4. The molecule has 3 rings (SSSR count). The predicted molar refractivity (Wildman–Crippen MR) is 85.3 cm³/mol. The first kappa shape index (κ1) is 15.2. The Morgan fingerprint density at radius 2 is 2.36 bits per heavy atom. The Morgan fingerprint density at radius 1 is 1.55 bits per heavy atom. The molecule has 1 saturated heterocycles. The molecule has 1 fully saturated rings. The molecule has 118 valence electrons. The molecule has 0 spiro atoms. The van der Waals surface area contributed by atoms with E-state index in [0.717, 1.165) is 34.7 Å². The van der Waals surface area contributed by atoms with Crippen molar-refractivity contribution >= 4 is 27.5 Å². The Kier molecular flexibility index (Phi) is 4.26.